The molecule has 2 aromatic rings. The molecular weight excluding hydrogens is 232 g/mol. The summed E-state index contributed by atoms with van der Waals surface area (Å²) in [6.45, 7) is 0.552. The van der Waals surface area contributed by atoms with Crippen molar-refractivity contribution in [3.63, 3.8) is 0 Å². The third kappa shape index (κ3) is 1.99. The van der Waals surface area contributed by atoms with Crippen LogP contribution >= 0.6 is 0 Å². The van der Waals surface area contributed by atoms with Crippen molar-refractivity contribution in [3.8, 4) is 5.75 Å². The summed E-state index contributed by atoms with van der Waals surface area (Å²) in [5.41, 5.74) is 0.530. The van der Waals surface area contributed by atoms with Crippen LogP contribution in [0.15, 0.2) is 24.3 Å². The number of fused-ring (bicyclic) bond motifs is 1. The van der Waals surface area contributed by atoms with Gasteiger partial charge in [0.2, 0.25) is 5.69 Å². The van der Waals surface area contributed by atoms with E-state index in [4.69, 9.17) is 9.84 Å². The molecule has 5 nitrogen and oxygen atoms in total. The number of aromatic carboxylic acids is 1. The van der Waals surface area contributed by atoms with Gasteiger partial charge in [0, 0.05) is 5.39 Å². The van der Waals surface area contributed by atoms with Gasteiger partial charge in [0.05, 0.1) is 12.1 Å². The Morgan fingerprint density at radius 3 is 2.83 bits per heavy atom. The highest BCUT2D eigenvalue weighted by atomic mass is 16.5. The maximum absolute atomic E-state index is 11.1. The quantitative estimate of drug-likeness (QED) is 0.891. The summed E-state index contributed by atoms with van der Waals surface area (Å²) in [6.07, 6.45) is 2.30. The molecule has 0 unspecified atom stereocenters. The van der Waals surface area contributed by atoms with Gasteiger partial charge in [-0.15, -0.1) is 10.2 Å². The zero-order valence-corrected chi connectivity index (χ0v) is 9.67. The average molecular weight is 244 g/mol. The number of carboxylic acids is 1. The maximum atomic E-state index is 11.1. The number of aromatic nitrogens is 2. The normalized spacial score (nSPS) is 14.7. The number of carbonyl (C=O) groups is 1. The minimum Gasteiger partial charge on any atom is -0.490 e. The first-order valence-electron chi connectivity index (χ1n) is 5.87. The van der Waals surface area contributed by atoms with E-state index in [0.717, 1.165) is 12.8 Å². The van der Waals surface area contributed by atoms with Crippen molar-refractivity contribution in [2.75, 3.05) is 6.61 Å². The first-order valence-corrected chi connectivity index (χ1v) is 5.87. The van der Waals surface area contributed by atoms with E-state index in [-0.39, 0.29) is 5.69 Å². The maximum Gasteiger partial charge on any atom is 0.360 e. The number of ether oxygens (including phenoxy) is 1. The van der Waals surface area contributed by atoms with Gasteiger partial charge in [-0.05, 0) is 30.9 Å². The first-order chi connectivity index (χ1) is 8.75. The van der Waals surface area contributed by atoms with Crippen molar-refractivity contribution in [1.82, 2.24) is 10.2 Å². The van der Waals surface area contributed by atoms with E-state index in [0.29, 0.717) is 29.2 Å². The second-order valence-corrected chi connectivity index (χ2v) is 4.45. The van der Waals surface area contributed by atoms with Gasteiger partial charge < -0.3 is 9.84 Å². The number of nitrogens with zero attached hydrogens (tertiary/aromatic N) is 2. The lowest BCUT2D eigenvalue weighted by Crippen LogP contribution is -2.09. The van der Waals surface area contributed by atoms with Crippen molar-refractivity contribution in [2.45, 2.75) is 12.8 Å². The van der Waals surface area contributed by atoms with Gasteiger partial charge in [0.25, 0.3) is 0 Å². The highest BCUT2D eigenvalue weighted by Crippen LogP contribution is 2.32. The average Bonchev–Trinajstić information content (AvgIpc) is 3.19. The van der Waals surface area contributed by atoms with E-state index in [9.17, 15) is 4.79 Å². The standard InChI is InChI=1S/C13H12N2O3/c16-13(17)11-12(18-7-8-5-6-8)9-3-1-2-4-10(9)14-15-11/h1-4,8H,5-7H2,(H,16,17). The van der Waals surface area contributed by atoms with Gasteiger partial charge in [-0.3, -0.25) is 0 Å². The molecule has 0 radical (unpaired) electrons. The summed E-state index contributed by atoms with van der Waals surface area (Å²) in [5.74, 6) is -0.224. The van der Waals surface area contributed by atoms with Crippen molar-refractivity contribution in [1.29, 1.82) is 0 Å². The molecule has 18 heavy (non-hydrogen) atoms. The fourth-order valence-corrected chi connectivity index (χ4v) is 1.80. The van der Waals surface area contributed by atoms with Gasteiger partial charge in [0.15, 0.2) is 5.75 Å². The molecule has 0 spiro atoms. The molecule has 5 heteroatoms. The Morgan fingerprint density at radius 1 is 1.33 bits per heavy atom. The molecular formula is C13H12N2O3. The van der Waals surface area contributed by atoms with Crippen LogP contribution in [-0.4, -0.2) is 27.9 Å². The molecule has 92 valence electrons. The zero-order valence-electron chi connectivity index (χ0n) is 9.67. The highest BCUT2D eigenvalue weighted by Gasteiger charge is 2.24. The molecule has 0 aliphatic heterocycles. The summed E-state index contributed by atoms with van der Waals surface area (Å²) < 4.78 is 5.65. The van der Waals surface area contributed by atoms with Crippen LogP contribution < -0.4 is 4.74 Å². The van der Waals surface area contributed by atoms with Crippen LogP contribution in [0.2, 0.25) is 0 Å². The molecule has 1 saturated carbocycles. The second-order valence-electron chi connectivity index (χ2n) is 4.45. The Morgan fingerprint density at radius 2 is 2.11 bits per heavy atom. The van der Waals surface area contributed by atoms with Crippen molar-refractivity contribution >= 4 is 16.9 Å². The lowest BCUT2D eigenvalue weighted by atomic mass is 10.2. The third-order valence-electron chi connectivity index (χ3n) is 2.98. The summed E-state index contributed by atoms with van der Waals surface area (Å²) in [7, 11) is 0. The topological polar surface area (TPSA) is 72.3 Å². The third-order valence-corrected chi connectivity index (χ3v) is 2.98. The van der Waals surface area contributed by atoms with E-state index < -0.39 is 5.97 Å². The van der Waals surface area contributed by atoms with E-state index in [1.54, 1.807) is 12.1 Å². The number of carboxylic acid groups (broad SMARTS) is 1. The molecule has 0 bridgehead atoms. The van der Waals surface area contributed by atoms with E-state index in [1.165, 1.54) is 0 Å². The number of hydrogen-bond acceptors (Lipinski definition) is 4. The molecule has 1 heterocycles. The Labute approximate surface area is 103 Å². The van der Waals surface area contributed by atoms with Gasteiger partial charge >= 0.3 is 5.97 Å². The van der Waals surface area contributed by atoms with Crippen LogP contribution in [0.25, 0.3) is 10.9 Å². The van der Waals surface area contributed by atoms with Gasteiger partial charge in [-0.2, -0.15) is 0 Å². The van der Waals surface area contributed by atoms with Crippen LogP contribution in [0.4, 0.5) is 0 Å². The molecule has 0 atom stereocenters. The second kappa shape index (κ2) is 4.25. The predicted octanol–water partition coefficient (Wildman–Crippen LogP) is 2.12. The predicted molar refractivity (Wildman–Crippen MR) is 64.7 cm³/mol. The molecule has 1 aliphatic rings. The zero-order chi connectivity index (χ0) is 12.5. The Balaban J connectivity index is 2.08. The highest BCUT2D eigenvalue weighted by molar-refractivity contribution is 5.96. The summed E-state index contributed by atoms with van der Waals surface area (Å²) in [6, 6.07) is 7.26. The molecule has 3 rings (SSSR count). The van der Waals surface area contributed by atoms with Crippen LogP contribution in [0, 0.1) is 5.92 Å². The van der Waals surface area contributed by atoms with Crippen LogP contribution in [-0.2, 0) is 0 Å². The van der Waals surface area contributed by atoms with Gasteiger partial charge in [-0.1, -0.05) is 12.1 Å². The smallest absolute Gasteiger partial charge is 0.360 e. The van der Waals surface area contributed by atoms with Crippen molar-refractivity contribution in [2.24, 2.45) is 5.92 Å². The molecule has 1 N–H and O–H groups in total. The van der Waals surface area contributed by atoms with Crippen molar-refractivity contribution in [3.05, 3.63) is 30.0 Å². The Kier molecular flexibility index (Phi) is 2.59. The number of hydrogen-bond donors (Lipinski definition) is 1. The van der Waals surface area contributed by atoms with Crippen LogP contribution in [0.1, 0.15) is 23.3 Å². The minimum absolute atomic E-state index is 0.116. The monoisotopic (exact) mass is 244 g/mol. The first kappa shape index (κ1) is 11.0. The largest absolute Gasteiger partial charge is 0.490 e. The van der Waals surface area contributed by atoms with Gasteiger partial charge in [0.1, 0.15) is 0 Å². The number of rotatable bonds is 4. The number of benzene rings is 1. The van der Waals surface area contributed by atoms with Crippen LogP contribution in [0.5, 0.6) is 5.75 Å². The minimum atomic E-state index is -1.11. The van der Waals surface area contributed by atoms with E-state index >= 15 is 0 Å². The molecule has 0 amide bonds. The van der Waals surface area contributed by atoms with E-state index in [1.807, 2.05) is 12.1 Å². The SMILES string of the molecule is O=C(O)c1nnc2ccccc2c1OCC1CC1. The summed E-state index contributed by atoms with van der Waals surface area (Å²) >= 11 is 0. The lowest BCUT2D eigenvalue weighted by molar-refractivity contribution is 0.0684. The summed E-state index contributed by atoms with van der Waals surface area (Å²) in [5, 5.41) is 17.4. The fraction of sp³-hybridized carbons (Fsp3) is 0.308. The van der Waals surface area contributed by atoms with Crippen LogP contribution in [0.3, 0.4) is 0 Å². The Bertz CT molecular complexity index is 608. The van der Waals surface area contributed by atoms with Crippen molar-refractivity contribution < 1.29 is 14.6 Å². The molecule has 1 aromatic carbocycles. The lowest BCUT2D eigenvalue weighted by Gasteiger charge is -2.10. The molecule has 1 aromatic heterocycles. The van der Waals surface area contributed by atoms with Gasteiger partial charge in [-0.25, -0.2) is 4.79 Å². The summed E-state index contributed by atoms with van der Waals surface area (Å²) in [4.78, 5) is 11.1. The molecule has 1 fully saturated rings. The molecule has 1 aliphatic carbocycles. The van der Waals surface area contributed by atoms with E-state index in [2.05, 4.69) is 10.2 Å². The molecule has 0 saturated heterocycles. The fourth-order valence-electron chi connectivity index (χ4n) is 1.80. The Hall–Kier alpha value is -2.17.